The summed E-state index contributed by atoms with van der Waals surface area (Å²) < 4.78 is 0. The largest absolute Gasteiger partial charge is 0.340 e. The third kappa shape index (κ3) is 4.19. The van der Waals surface area contributed by atoms with Crippen LogP contribution in [0, 0.1) is 6.92 Å². The number of aryl methyl sites for hydroxylation is 1. The Morgan fingerprint density at radius 1 is 1.47 bits per heavy atom. The van der Waals surface area contributed by atoms with Gasteiger partial charge in [0.1, 0.15) is 0 Å². The number of amides is 1. The van der Waals surface area contributed by atoms with E-state index >= 15 is 0 Å². The zero-order valence-electron chi connectivity index (χ0n) is 10.9. The van der Waals surface area contributed by atoms with Crippen molar-refractivity contribution in [3.8, 4) is 0 Å². The van der Waals surface area contributed by atoms with Gasteiger partial charge in [-0.15, -0.1) is 0 Å². The van der Waals surface area contributed by atoms with Gasteiger partial charge in [-0.05, 0) is 18.9 Å². The van der Waals surface area contributed by atoms with Gasteiger partial charge in [-0.1, -0.05) is 43.2 Å². The highest BCUT2D eigenvalue weighted by Gasteiger charge is 2.16. The molecular formula is C14H22N2O. The number of hydrogen-bond acceptors (Lipinski definition) is 2. The van der Waals surface area contributed by atoms with Crippen LogP contribution in [0.3, 0.4) is 0 Å². The molecule has 3 nitrogen and oxygen atoms in total. The summed E-state index contributed by atoms with van der Waals surface area (Å²) >= 11 is 0. The van der Waals surface area contributed by atoms with Crippen LogP contribution in [-0.2, 0) is 11.3 Å². The van der Waals surface area contributed by atoms with E-state index in [-0.39, 0.29) is 11.9 Å². The number of nitrogens with zero attached hydrogens (tertiary/aromatic N) is 1. The van der Waals surface area contributed by atoms with Crippen LogP contribution in [-0.4, -0.2) is 23.9 Å². The Balaban J connectivity index is 2.59. The molecule has 1 rings (SSSR count). The van der Waals surface area contributed by atoms with Gasteiger partial charge in [-0.3, -0.25) is 4.79 Å². The summed E-state index contributed by atoms with van der Waals surface area (Å²) in [5.41, 5.74) is 8.17. The fraction of sp³-hybridized carbons (Fsp3) is 0.500. The van der Waals surface area contributed by atoms with Gasteiger partial charge in [0.15, 0.2) is 0 Å². The van der Waals surface area contributed by atoms with Crippen LogP contribution < -0.4 is 5.73 Å². The summed E-state index contributed by atoms with van der Waals surface area (Å²) in [5.74, 6) is 0.0216. The summed E-state index contributed by atoms with van der Waals surface area (Å²) in [6, 6.07) is 7.81. The van der Waals surface area contributed by atoms with Gasteiger partial charge in [0.25, 0.3) is 0 Å². The number of carbonyl (C=O) groups is 1. The molecular weight excluding hydrogens is 212 g/mol. The summed E-state index contributed by atoms with van der Waals surface area (Å²) in [7, 11) is 1.81. The summed E-state index contributed by atoms with van der Waals surface area (Å²) in [5, 5.41) is 0. The monoisotopic (exact) mass is 234 g/mol. The molecule has 0 unspecified atom stereocenters. The van der Waals surface area contributed by atoms with Crippen molar-refractivity contribution in [1.29, 1.82) is 0 Å². The van der Waals surface area contributed by atoms with Crippen molar-refractivity contribution in [3.05, 3.63) is 35.4 Å². The smallest absolute Gasteiger partial charge is 0.239 e. The third-order valence-electron chi connectivity index (χ3n) is 2.80. The first-order chi connectivity index (χ1) is 8.04. The average Bonchev–Trinajstić information content (AvgIpc) is 2.28. The van der Waals surface area contributed by atoms with E-state index in [0.29, 0.717) is 6.54 Å². The van der Waals surface area contributed by atoms with Crippen LogP contribution in [0.2, 0.25) is 0 Å². The van der Waals surface area contributed by atoms with Gasteiger partial charge >= 0.3 is 0 Å². The Kier molecular flexibility index (Phi) is 5.16. The van der Waals surface area contributed by atoms with Gasteiger partial charge in [0, 0.05) is 13.6 Å². The highest BCUT2D eigenvalue weighted by atomic mass is 16.2. The molecule has 0 aliphatic heterocycles. The van der Waals surface area contributed by atoms with E-state index in [9.17, 15) is 4.79 Å². The second kappa shape index (κ2) is 6.40. The Hall–Kier alpha value is -1.35. The minimum atomic E-state index is -0.366. The number of likely N-dealkylation sites (N-methyl/N-ethyl adjacent to an activating group) is 1. The molecule has 94 valence electrons. The Bertz CT molecular complexity index is 376. The summed E-state index contributed by atoms with van der Waals surface area (Å²) in [6.45, 7) is 4.71. The minimum Gasteiger partial charge on any atom is -0.340 e. The molecule has 1 amide bonds. The topological polar surface area (TPSA) is 46.3 Å². The number of nitrogens with two attached hydrogens (primary N) is 1. The lowest BCUT2D eigenvalue weighted by atomic mass is 10.1. The van der Waals surface area contributed by atoms with Gasteiger partial charge in [0.2, 0.25) is 5.91 Å². The Labute approximate surface area is 104 Å². The molecule has 0 aliphatic rings. The number of carbonyl (C=O) groups excluding carboxylic acids is 1. The van der Waals surface area contributed by atoms with Crippen molar-refractivity contribution in [1.82, 2.24) is 4.90 Å². The highest BCUT2D eigenvalue weighted by molar-refractivity contribution is 5.81. The molecule has 2 N–H and O–H groups in total. The fourth-order valence-electron chi connectivity index (χ4n) is 1.88. The Morgan fingerprint density at radius 2 is 2.18 bits per heavy atom. The maximum atomic E-state index is 11.9. The maximum absolute atomic E-state index is 11.9. The molecule has 0 spiro atoms. The van der Waals surface area contributed by atoms with Crippen molar-refractivity contribution in [2.45, 2.75) is 39.3 Å². The molecule has 1 aromatic carbocycles. The van der Waals surface area contributed by atoms with Crippen LogP contribution in [0.1, 0.15) is 30.9 Å². The second-order valence-electron chi connectivity index (χ2n) is 4.58. The van der Waals surface area contributed by atoms with E-state index in [1.54, 1.807) is 11.9 Å². The standard InChI is InChI=1S/C14H22N2O/c1-4-6-13(15)14(17)16(3)10-12-8-5-7-11(2)9-12/h5,7-9,13H,4,6,10,15H2,1-3H3/t13-/m0/s1. The van der Waals surface area contributed by atoms with Crippen LogP contribution in [0.4, 0.5) is 0 Å². The zero-order chi connectivity index (χ0) is 12.8. The number of benzene rings is 1. The van der Waals surface area contributed by atoms with Gasteiger partial charge < -0.3 is 10.6 Å². The van der Waals surface area contributed by atoms with Crippen LogP contribution in [0.15, 0.2) is 24.3 Å². The third-order valence-corrected chi connectivity index (χ3v) is 2.80. The molecule has 0 saturated carbocycles. The molecule has 17 heavy (non-hydrogen) atoms. The lowest BCUT2D eigenvalue weighted by molar-refractivity contribution is -0.131. The quantitative estimate of drug-likeness (QED) is 0.848. The molecule has 0 bridgehead atoms. The summed E-state index contributed by atoms with van der Waals surface area (Å²) in [6.07, 6.45) is 1.68. The van der Waals surface area contributed by atoms with E-state index in [4.69, 9.17) is 5.73 Å². The Morgan fingerprint density at radius 3 is 2.76 bits per heavy atom. The first kappa shape index (κ1) is 13.7. The minimum absolute atomic E-state index is 0.0216. The molecule has 1 atom stereocenters. The SMILES string of the molecule is CCC[C@H](N)C(=O)N(C)Cc1cccc(C)c1. The predicted molar refractivity (Wildman–Crippen MR) is 70.5 cm³/mol. The van der Waals surface area contributed by atoms with Gasteiger partial charge in [-0.2, -0.15) is 0 Å². The van der Waals surface area contributed by atoms with Crippen LogP contribution >= 0.6 is 0 Å². The van der Waals surface area contributed by atoms with E-state index in [0.717, 1.165) is 18.4 Å². The first-order valence-corrected chi connectivity index (χ1v) is 6.10. The molecule has 0 saturated heterocycles. The van der Waals surface area contributed by atoms with Crippen molar-refractivity contribution in [2.75, 3.05) is 7.05 Å². The van der Waals surface area contributed by atoms with Crippen molar-refractivity contribution in [3.63, 3.8) is 0 Å². The maximum Gasteiger partial charge on any atom is 0.239 e. The van der Waals surface area contributed by atoms with E-state index in [1.165, 1.54) is 5.56 Å². The van der Waals surface area contributed by atoms with E-state index in [2.05, 4.69) is 6.07 Å². The van der Waals surface area contributed by atoms with E-state index < -0.39 is 0 Å². The molecule has 0 radical (unpaired) electrons. The average molecular weight is 234 g/mol. The molecule has 1 aromatic rings. The lowest BCUT2D eigenvalue weighted by Gasteiger charge is -2.21. The van der Waals surface area contributed by atoms with Gasteiger partial charge in [-0.25, -0.2) is 0 Å². The van der Waals surface area contributed by atoms with E-state index in [1.807, 2.05) is 32.0 Å². The van der Waals surface area contributed by atoms with Gasteiger partial charge in [0.05, 0.1) is 6.04 Å². The van der Waals surface area contributed by atoms with Crippen molar-refractivity contribution in [2.24, 2.45) is 5.73 Å². The first-order valence-electron chi connectivity index (χ1n) is 6.10. The lowest BCUT2D eigenvalue weighted by Crippen LogP contribution is -2.41. The molecule has 0 aliphatic carbocycles. The molecule has 3 heteroatoms. The van der Waals surface area contributed by atoms with Crippen LogP contribution in [0.25, 0.3) is 0 Å². The van der Waals surface area contributed by atoms with Crippen LogP contribution in [0.5, 0.6) is 0 Å². The summed E-state index contributed by atoms with van der Waals surface area (Å²) in [4.78, 5) is 13.6. The predicted octanol–water partition coefficient (Wildman–Crippen LogP) is 2.08. The fourth-order valence-corrected chi connectivity index (χ4v) is 1.88. The number of hydrogen-bond donors (Lipinski definition) is 1. The molecule has 0 heterocycles. The van der Waals surface area contributed by atoms with Crippen molar-refractivity contribution >= 4 is 5.91 Å². The second-order valence-corrected chi connectivity index (χ2v) is 4.58. The molecule has 0 fully saturated rings. The van der Waals surface area contributed by atoms with Crippen molar-refractivity contribution < 1.29 is 4.79 Å². The highest BCUT2D eigenvalue weighted by Crippen LogP contribution is 2.08. The zero-order valence-corrected chi connectivity index (χ0v) is 10.9. The molecule has 0 aromatic heterocycles. The normalized spacial score (nSPS) is 12.2. The number of rotatable bonds is 5.